The van der Waals surface area contributed by atoms with Crippen molar-refractivity contribution in [2.24, 2.45) is 0 Å². The largest absolute Gasteiger partial charge is 0.397 e. The smallest absolute Gasteiger partial charge is 0.0618 e. The van der Waals surface area contributed by atoms with Gasteiger partial charge in [-0.1, -0.05) is 23.7 Å². The Kier molecular flexibility index (Phi) is 3.25. The van der Waals surface area contributed by atoms with E-state index >= 15 is 0 Å². The first-order chi connectivity index (χ1) is 8.06. The van der Waals surface area contributed by atoms with E-state index in [0.717, 1.165) is 33.2 Å². The highest BCUT2D eigenvalue weighted by molar-refractivity contribution is 6.31. The first kappa shape index (κ1) is 11.8. The second-order valence-corrected chi connectivity index (χ2v) is 4.59. The van der Waals surface area contributed by atoms with Gasteiger partial charge in [0.2, 0.25) is 0 Å². The highest BCUT2D eigenvalue weighted by Crippen LogP contribution is 2.26. The molecule has 2 aromatic carbocycles. The monoisotopic (exact) mass is 246 g/mol. The average molecular weight is 247 g/mol. The minimum absolute atomic E-state index is 0.738. The zero-order valence-electron chi connectivity index (χ0n) is 9.92. The molecule has 0 saturated heterocycles. The number of hydrogen-bond donors (Lipinski definition) is 2. The molecule has 0 aliphatic rings. The van der Waals surface area contributed by atoms with Gasteiger partial charge in [0.15, 0.2) is 0 Å². The van der Waals surface area contributed by atoms with Gasteiger partial charge in [-0.25, -0.2) is 0 Å². The third kappa shape index (κ3) is 2.71. The predicted molar refractivity (Wildman–Crippen MR) is 75.1 cm³/mol. The van der Waals surface area contributed by atoms with Crippen LogP contribution in [0.3, 0.4) is 0 Å². The lowest BCUT2D eigenvalue weighted by Gasteiger charge is -2.11. The molecule has 0 amide bonds. The van der Waals surface area contributed by atoms with Gasteiger partial charge in [0, 0.05) is 10.7 Å². The summed E-state index contributed by atoms with van der Waals surface area (Å²) in [5.74, 6) is 0. The Morgan fingerprint density at radius 3 is 2.47 bits per heavy atom. The van der Waals surface area contributed by atoms with Gasteiger partial charge in [0.25, 0.3) is 0 Å². The fourth-order valence-corrected chi connectivity index (χ4v) is 1.80. The molecule has 0 aliphatic heterocycles. The molecule has 17 heavy (non-hydrogen) atoms. The van der Waals surface area contributed by atoms with Crippen molar-refractivity contribution in [3.63, 3.8) is 0 Å². The van der Waals surface area contributed by atoms with E-state index in [0.29, 0.717) is 0 Å². The third-order valence-electron chi connectivity index (χ3n) is 2.66. The number of aryl methyl sites for hydroxylation is 2. The number of anilines is 3. The van der Waals surface area contributed by atoms with E-state index in [-0.39, 0.29) is 0 Å². The second kappa shape index (κ2) is 4.68. The molecule has 2 rings (SSSR count). The van der Waals surface area contributed by atoms with Crippen LogP contribution in [0.2, 0.25) is 5.02 Å². The third-order valence-corrected chi connectivity index (χ3v) is 3.07. The minimum atomic E-state index is 0.738. The summed E-state index contributed by atoms with van der Waals surface area (Å²) >= 11 is 6.07. The van der Waals surface area contributed by atoms with Crippen LogP contribution in [0.5, 0.6) is 0 Å². The Morgan fingerprint density at radius 1 is 1.06 bits per heavy atom. The summed E-state index contributed by atoms with van der Waals surface area (Å²) in [6.45, 7) is 4.00. The van der Waals surface area contributed by atoms with Gasteiger partial charge in [-0.3, -0.25) is 0 Å². The molecule has 2 nitrogen and oxygen atoms in total. The standard InChI is InChI=1S/C14H15ClN2/c1-9-3-6-14(13(16)7-9)17-11-5-4-10(2)12(15)8-11/h3-8,17H,16H2,1-2H3. The van der Waals surface area contributed by atoms with Crippen molar-refractivity contribution >= 4 is 28.7 Å². The Hall–Kier alpha value is -1.67. The van der Waals surface area contributed by atoms with Crippen LogP contribution in [0.4, 0.5) is 17.1 Å². The van der Waals surface area contributed by atoms with Gasteiger partial charge in [0.1, 0.15) is 0 Å². The Labute approximate surface area is 106 Å². The van der Waals surface area contributed by atoms with Crippen molar-refractivity contribution in [2.75, 3.05) is 11.1 Å². The number of halogens is 1. The van der Waals surface area contributed by atoms with Gasteiger partial charge < -0.3 is 11.1 Å². The van der Waals surface area contributed by atoms with Crippen molar-refractivity contribution in [1.29, 1.82) is 0 Å². The van der Waals surface area contributed by atoms with Gasteiger partial charge >= 0.3 is 0 Å². The van der Waals surface area contributed by atoms with Gasteiger partial charge in [-0.15, -0.1) is 0 Å². The van der Waals surface area contributed by atoms with Gasteiger partial charge in [-0.2, -0.15) is 0 Å². The maximum Gasteiger partial charge on any atom is 0.0618 e. The molecule has 3 N–H and O–H groups in total. The van der Waals surface area contributed by atoms with Crippen LogP contribution >= 0.6 is 11.6 Å². The highest BCUT2D eigenvalue weighted by Gasteiger charge is 2.01. The summed E-state index contributed by atoms with van der Waals surface area (Å²) in [5.41, 5.74) is 10.7. The molecular weight excluding hydrogens is 232 g/mol. The number of nitrogen functional groups attached to an aromatic ring is 1. The molecule has 2 aromatic rings. The van der Waals surface area contributed by atoms with E-state index in [1.54, 1.807) is 0 Å². The zero-order chi connectivity index (χ0) is 12.4. The van der Waals surface area contributed by atoms with E-state index in [1.807, 2.05) is 50.2 Å². The highest BCUT2D eigenvalue weighted by atomic mass is 35.5. The fourth-order valence-electron chi connectivity index (χ4n) is 1.62. The molecular formula is C14H15ClN2. The van der Waals surface area contributed by atoms with Crippen molar-refractivity contribution in [3.05, 3.63) is 52.5 Å². The molecule has 0 bridgehead atoms. The predicted octanol–water partition coefficient (Wildman–Crippen LogP) is 4.28. The molecule has 0 heterocycles. The summed E-state index contributed by atoms with van der Waals surface area (Å²) in [5, 5.41) is 4.01. The normalized spacial score (nSPS) is 10.3. The van der Waals surface area contributed by atoms with E-state index in [2.05, 4.69) is 5.32 Å². The summed E-state index contributed by atoms with van der Waals surface area (Å²) in [7, 11) is 0. The van der Waals surface area contributed by atoms with Crippen LogP contribution < -0.4 is 11.1 Å². The topological polar surface area (TPSA) is 38.0 Å². The SMILES string of the molecule is Cc1ccc(Nc2ccc(C)c(Cl)c2)c(N)c1. The van der Waals surface area contributed by atoms with E-state index in [1.165, 1.54) is 0 Å². The molecule has 0 atom stereocenters. The number of benzene rings is 2. The molecule has 0 aliphatic carbocycles. The van der Waals surface area contributed by atoms with Crippen LogP contribution in [-0.4, -0.2) is 0 Å². The first-order valence-electron chi connectivity index (χ1n) is 5.45. The Bertz CT molecular complexity index is 550. The van der Waals surface area contributed by atoms with E-state index in [9.17, 15) is 0 Å². The zero-order valence-corrected chi connectivity index (χ0v) is 10.7. The molecule has 3 heteroatoms. The molecule has 88 valence electrons. The minimum Gasteiger partial charge on any atom is -0.397 e. The Balaban J connectivity index is 2.28. The van der Waals surface area contributed by atoms with Crippen LogP contribution in [0.1, 0.15) is 11.1 Å². The summed E-state index contributed by atoms with van der Waals surface area (Å²) < 4.78 is 0. The average Bonchev–Trinajstić information content (AvgIpc) is 2.27. The lowest BCUT2D eigenvalue weighted by molar-refractivity contribution is 1.43. The van der Waals surface area contributed by atoms with Gasteiger partial charge in [-0.05, 0) is 49.2 Å². The van der Waals surface area contributed by atoms with E-state index in [4.69, 9.17) is 17.3 Å². The summed E-state index contributed by atoms with van der Waals surface area (Å²) in [6.07, 6.45) is 0. The number of rotatable bonds is 2. The van der Waals surface area contributed by atoms with E-state index < -0.39 is 0 Å². The van der Waals surface area contributed by atoms with Crippen molar-refractivity contribution in [1.82, 2.24) is 0 Å². The van der Waals surface area contributed by atoms with Crippen molar-refractivity contribution in [3.8, 4) is 0 Å². The van der Waals surface area contributed by atoms with Crippen LogP contribution in [0, 0.1) is 13.8 Å². The Morgan fingerprint density at radius 2 is 1.82 bits per heavy atom. The van der Waals surface area contributed by atoms with Crippen LogP contribution in [0.25, 0.3) is 0 Å². The molecule has 0 radical (unpaired) electrons. The summed E-state index contributed by atoms with van der Waals surface area (Å²) in [6, 6.07) is 11.8. The van der Waals surface area contributed by atoms with Crippen molar-refractivity contribution in [2.45, 2.75) is 13.8 Å². The maximum atomic E-state index is 6.07. The number of hydrogen-bond acceptors (Lipinski definition) is 2. The quantitative estimate of drug-likeness (QED) is 0.776. The van der Waals surface area contributed by atoms with Gasteiger partial charge in [0.05, 0.1) is 11.4 Å². The molecule has 0 spiro atoms. The number of nitrogens with one attached hydrogen (secondary N) is 1. The maximum absolute atomic E-state index is 6.07. The van der Waals surface area contributed by atoms with Crippen LogP contribution in [-0.2, 0) is 0 Å². The fraction of sp³-hybridized carbons (Fsp3) is 0.143. The molecule has 0 unspecified atom stereocenters. The summed E-state index contributed by atoms with van der Waals surface area (Å²) in [4.78, 5) is 0. The molecule has 0 fully saturated rings. The van der Waals surface area contributed by atoms with Crippen molar-refractivity contribution < 1.29 is 0 Å². The molecule has 0 aromatic heterocycles. The van der Waals surface area contributed by atoms with Crippen LogP contribution in [0.15, 0.2) is 36.4 Å². The first-order valence-corrected chi connectivity index (χ1v) is 5.83. The lowest BCUT2D eigenvalue weighted by atomic mass is 10.1. The second-order valence-electron chi connectivity index (χ2n) is 4.18. The number of nitrogens with two attached hydrogens (primary N) is 1. The lowest BCUT2D eigenvalue weighted by Crippen LogP contribution is -1.96. The molecule has 0 saturated carbocycles.